The molecule has 6 nitrogen and oxygen atoms in total. The smallest absolute Gasteiger partial charge is 0.371 e. The molecule has 0 unspecified atom stereocenters. The maximum Gasteiger partial charge on any atom is 0.416 e. The Kier molecular flexibility index (Phi) is 4.21. The molecule has 27 heavy (non-hydrogen) atoms. The van der Waals surface area contributed by atoms with Crippen LogP contribution in [0.1, 0.15) is 28.8 Å². The molecule has 1 aliphatic heterocycles. The lowest BCUT2D eigenvalue weighted by Gasteiger charge is -2.16. The molecule has 1 aromatic carbocycles. The van der Waals surface area contributed by atoms with E-state index in [0.717, 1.165) is 55.9 Å². The quantitative estimate of drug-likeness (QED) is 0.760. The zero-order chi connectivity index (χ0) is 19.0. The summed E-state index contributed by atoms with van der Waals surface area (Å²) in [5.41, 5.74) is 0.925. The Labute approximate surface area is 152 Å². The van der Waals surface area contributed by atoms with Gasteiger partial charge in [0.2, 0.25) is 5.95 Å². The fourth-order valence-corrected chi connectivity index (χ4v) is 3.08. The fourth-order valence-electron chi connectivity index (χ4n) is 3.08. The van der Waals surface area contributed by atoms with E-state index in [1.54, 1.807) is 10.7 Å². The Morgan fingerprint density at radius 2 is 1.78 bits per heavy atom. The summed E-state index contributed by atoms with van der Waals surface area (Å²) in [6, 6.07) is 7.82. The molecular formula is C18H16F3N5O. The molecule has 2 aromatic heterocycles. The lowest BCUT2D eigenvalue weighted by atomic mass is 10.1. The highest BCUT2D eigenvalue weighted by Crippen LogP contribution is 2.29. The van der Waals surface area contributed by atoms with Crippen LogP contribution in [-0.4, -0.2) is 33.6 Å². The van der Waals surface area contributed by atoms with Crippen molar-refractivity contribution in [2.75, 3.05) is 23.3 Å². The van der Waals surface area contributed by atoms with Gasteiger partial charge in [-0.25, -0.2) is 4.52 Å². The molecule has 0 atom stereocenters. The van der Waals surface area contributed by atoms with E-state index in [9.17, 15) is 18.0 Å². The number of fused-ring (bicyclic) bond motifs is 1. The third-order valence-corrected chi connectivity index (χ3v) is 4.49. The fraction of sp³-hybridized carbons (Fsp3) is 0.278. The molecule has 140 valence electrons. The van der Waals surface area contributed by atoms with Gasteiger partial charge in [-0.05, 0) is 43.2 Å². The van der Waals surface area contributed by atoms with Gasteiger partial charge in [-0.2, -0.15) is 18.2 Å². The van der Waals surface area contributed by atoms with E-state index in [4.69, 9.17) is 0 Å². The highest BCUT2D eigenvalue weighted by Gasteiger charge is 2.30. The van der Waals surface area contributed by atoms with Crippen molar-refractivity contribution in [1.82, 2.24) is 14.6 Å². The number of carbonyl (C=O) groups excluding carboxylic acids is 1. The van der Waals surface area contributed by atoms with Crippen molar-refractivity contribution in [3.8, 4) is 0 Å². The summed E-state index contributed by atoms with van der Waals surface area (Å²) in [6.45, 7) is 2.00. The van der Waals surface area contributed by atoms with Gasteiger partial charge in [-0.1, -0.05) is 0 Å². The summed E-state index contributed by atoms with van der Waals surface area (Å²) in [5, 5.41) is 6.70. The van der Waals surface area contributed by atoms with Crippen LogP contribution in [0.3, 0.4) is 0 Å². The van der Waals surface area contributed by atoms with Crippen LogP contribution >= 0.6 is 0 Å². The van der Waals surface area contributed by atoms with Crippen molar-refractivity contribution in [1.29, 1.82) is 0 Å². The standard InChI is InChI=1S/C18H16F3N5O/c19-18(20,21)13-5-3-12(4-6-13)16(27)23-17-22-15-11-14(7-10-26(15)24-17)25-8-1-2-9-25/h3-7,10-11H,1-2,8-9H2,(H,23,24,27). The first-order chi connectivity index (χ1) is 12.9. The summed E-state index contributed by atoms with van der Waals surface area (Å²) in [4.78, 5) is 18.8. The van der Waals surface area contributed by atoms with Crippen molar-refractivity contribution in [2.24, 2.45) is 0 Å². The summed E-state index contributed by atoms with van der Waals surface area (Å²) in [6.07, 6.45) is -0.354. The Hall–Kier alpha value is -3.10. The number of anilines is 2. The van der Waals surface area contributed by atoms with Gasteiger partial charge < -0.3 is 4.90 Å². The molecule has 3 aromatic rings. The van der Waals surface area contributed by atoms with Crippen LogP contribution in [0.4, 0.5) is 24.8 Å². The SMILES string of the molecule is O=C(Nc1nc2cc(N3CCCC3)ccn2n1)c1ccc(C(F)(F)F)cc1. The van der Waals surface area contributed by atoms with E-state index in [1.807, 2.05) is 12.1 Å². The molecule has 1 saturated heterocycles. The van der Waals surface area contributed by atoms with E-state index in [1.165, 1.54) is 0 Å². The van der Waals surface area contributed by atoms with Crippen LogP contribution in [-0.2, 0) is 6.18 Å². The van der Waals surface area contributed by atoms with E-state index in [2.05, 4.69) is 20.3 Å². The first-order valence-electron chi connectivity index (χ1n) is 8.50. The number of benzene rings is 1. The minimum absolute atomic E-state index is 0.0958. The van der Waals surface area contributed by atoms with Crippen LogP contribution in [0.15, 0.2) is 42.6 Å². The monoisotopic (exact) mass is 375 g/mol. The molecular weight excluding hydrogens is 359 g/mol. The van der Waals surface area contributed by atoms with Gasteiger partial charge in [0.1, 0.15) is 0 Å². The van der Waals surface area contributed by atoms with Crippen LogP contribution < -0.4 is 10.2 Å². The van der Waals surface area contributed by atoms with Gasteiger partial charge >= 0.3 is 6.18 Å². The normalized spacial score (nSPS) is 14.7. The maximum absolute atomic E-state index is 12.6. The lowest BCUT2D eigenvalue weighted by molar-refractivity contribution is -0.137. The number of hydrogen-bond donors (Lipinski definition) is 1. The molecule has 1 aliphatic rings. The molecule has 0 saturated carbocycles. The molecule has 0 bridgehead atoms. The number of halogens is 3. The molecule has 1 N–H and O–H groups in total. The molecule has 0 spiro atoms. The van der Waals surface area contributed by atoms with E-state index in [0.29, 0.717) is 5.65 Å². The minimum Gasteiger partial charge on any atom is -0.371 e. The van der Waals surface area contributed by atoms with Crippen LogP contribution in [0, 0.1) is 0 Å². The number of hydrogen-bond acceptors (Lipinski definition) is 4. The van der Waals surface area contributed by atoms with Crippen molar-refractivity contribution in [3.05, 3.63) is 53.7 Å². The average molecular weight is 375 g/mol. The van der Waals surface area contributed by atoms with Gasteiger partial charge in [0.05, 0.1) is 5.56 Å². The Morgan fingerprint density at radius 1 is 1.07 bits per heavy atom. The third kappa shape index (κ3) is 3.57. The number of nitrogens with zero attached hydrogens (tertiary/aromatic N) is 4. The molecule has 0 radical (unpaired) electrons. The largest absolute Gasteiger partial charge is 0.416 e. The predicted molar refractivity (Wildman–Crippen MR) is 93.8 cm³/mol. The molecule has 3 heterocycles. The molecule has 0 aliphatic carbocycles. The molecule has 9 heteroatoms. The van der Waals surface area contributed by atoms with E-state index < -0.39 is 17.6 Å². The number of aromatic nitrogens is 3. The van der Waals surface area contributed by atoms with Gasteiger partial charge in [0.15, 0.2) is 5.65 Å². The predicted octanol–water partition coefficient (Wildman–Crippen LogP) is 3.60. The van der Waals surface area contributed by atoms with Crippen LogP contribution in [0.5, 0.6) is 0 Å². The number of pyridine rings is 1. The summed E-state index contributed by atoms with van der Waals surface area (Å²) in [5.74, 6) is -0.474. The number of carbonyl (C=O) groups is 1. The first-order valence-corrected chi connectivity index (χ1v) is 8.50. The van der Waals surface area contributed by atoms with Gasteiger partial charge in [0, 0.05) is 36.6 Å². The van der Waals surface area contributed by atoms with Gasteiger partial charge in [-0.3, -0.25) is 10.1 Å². The Bertz CT molecular complexity index is 975. The van der Waals surface area contributed by atoms with Gasteiger partial charge in [0.25, 0.3) is 5.91 Å². The molecule has 1 fully saturated rings. The summed E-state index contributed by atoms with van der Waals surface area (Å²) < 4.78 is 39.4. The first kappa shape index (κ1) is 17.3. The summed E-state index contributed by atoms with van der Waals surface area (Å²) >= 11 is 0. The van der Waals surface area contributed by atoms with Crippen LogP contribution in [0.2, 0.25) is 0 Å². The number of rotatable bonds is 3. The number of amides is 1. The van der Waals surface area contributed by atoms with E-state index >= 15 is 0 Å². The van der Waals surface area contributed by atoms with Crippen LogP contribution in [0.25, 0.3) is 5.65 Å². The third-order valence-electron chi connectivity index (χ3n) is 4.49. The zero-order valence-corrected chi connectivity index (χ0v) is 14.2. The Morgan fingerprint density at radius 3 is 2.44 bits per heavy atom. The second kappa shape index (κ2) is 6.57. The van der Waals surface area contributed by atoms with Crippen molar-refractivity contribution in [2.45, 2.75) is 19.0 Å². The van der Waals surface area contributed by atoms with Crippen molar-refractivity contribution < 1.29 is 18.0 Å². The highest BCUT2D eigenvalue weighted by molar-refractivity contribution is 6.03. The highest BCUT2D eigenvalue weighted by atomic mass is 19.4. The molecule has 1 amide bonds. The van der Waals surface area contributed by atoms with Crippen molar-refractivity contribution in [3.63, 3.8) is 0 Å². The zero-order valence-electron chi connectivity index (χ0n) is 14.2. The second-order valence-electron chi connectivity index (χ2n) is 6.35. The Balaban J connectivity index is 1.51. The average Bonchev–Trinajstić information content (AvgIpc) is 3.29. The van der Waals surface area contributed by atoms with E-state index in [-0.39, 0.29) is 11.5 Å². The maximum atomic E-state index is 12.6. The number of alkyl halides is 3. The van der Waals surface area contributed by atoms with Crippen molar-refractivity contribution >= 4 is 23.2 Å². The number of nitrogens with one attached hydrogen (secondary N) is 1. The summed E-state index contributed by atoms with van der Waals surface area (Å²) in [7, 11) is 0. The minimum atomic E-state index is -4.44. The lowest BCUT2D eigenvalue weighted by Crippen LogP contribution is -2.17. The topological polar surface area (TPSA) is 62.5 Å². The van der Waals surface area contributed by atoms with Gasteiger partial charge in [-0.15, -0.1) is 5.10 Å². The second-order valence-corrected chi connectivity index (χ2v) is 6.35. The molecule has 4 rings (SSSR count).